The molecule has 0 spiro atoms. The first kappa shape index (κ1) is 21.4. The molecule has 2 aromatic carbocycles. The van der Waals surface area contributed by atoms with Crippen molar-refractivity contribution in [2.24, 2.45) is 11.7 Å². The largest absolute Gasteiger partial charge is 0.365 e. The molecule has 2 aliphatic rings. The quantitative estimate of drug-likeness (QED) is 0.741. The molecule has 0 saturated carbocycles. The van der Waals surface area contributed by atoms with Gasteiger partial charge in [0.2, 0.25) is 5.91 Å². The Labute approximate surface area is 183 Å². The third kappa shape index (κ3) is 4.44. The average Bonchev–Trinajstić information content (AvgIpc) is 3.25. The van der Waals surface area contributed by atoms with Gasteiger partial charge in [0.1, 0.15) is 11.6 Å². The van der Waals surface area contributed by atoms with E-state index in [-0.39, 0.29) is 23.5 Å². The van der Waals surface area contributed by atoms with Gasteiger partial charge in [0.05, 0.1) is 4.91 Å². The fourth-order valence-corrected chi connectivity index (χ4v) is 5.39. The monoisotopic (exact) mass is 443 g/mol. The average molecular weight is 444 g/mol. The van der Waals surface area contributed by atoms with Gasteiger partial charge < -0.3 is 15.5 Å². The number of benzene rings is 2. The summed E-state index contributed by atoms with van der Waals surface area (Å²) < 4.78 is 26.5. The first-order valence-corrected chi connectivity index (χ1v) is 10.9. The van der Waals surface area contributed by atoms with Crippen molar-refractivity contribution in [1.29, 1.82) is 0 Å². The smallest absolute Gasteiger partial charge is 0.257 e. The van der Waals surface area contributed by atoms with Crippen LogP contribution in [0.25, 0.3) is 0 Å². The summed E-state index contributed by atoms with van der Waals surface area (Å²) in [6, 6.07) is 12.4. The maximum atomic E-state index is 13.3. The summed E-state index contributed by atoms with van der Waals surface area (Å²) in [5.74, 6) is -1.34. The molecule has 0 radical (unpaired) electrons. The van der Waals surface area contributed by atoms with Crippen LogP contribution < -0.4 is 5.73 Å². The molecule has 1 fully saturated rings. The van der Waals surface area contributed by atoms with Crippen molar-refractivity contribution < 1.29 is 18.4 Å². The number of likely N-dealkylation sites (tertiary alicyclic amines) is 1. The second-order valence-electron chi connectivity index (χ2n) is 7.83. The molecule has 2 N–H and O–H groups in total. The second kappa shape index (κ2) is 8.70. The minimum absolute atomic E-state index is 0.00412. The molecule has 1 saturated heterocycles. The Morgan fingerprint density at radius 1 is 1.06 bits per heavy atom. The number of amides is 2. The van der Waals surface area contributed by atoms with E-state index in [1.165, 1.54) is 36.0 Å². The Balaban J connectivity index is 1.53. The van der Waals surface area contributed by atoms with Crippen molar-refractivity contribution in [2.45, 2.75) is 31.8 Å². The summed E-state index contributed by atoms with van der Waals surface area (Å²) in [7, 11) is 0. The SMILES string of the molecule is CC1=C(C(N)=O)SC(N2CCC(Cc3ccc(F)cc3)C2=O)N1Cc1ccc(F)cc1. The molecule has 5 nitrogen and oxygen atoms in total. The van der Waals surface area contributed by atoms with Gasteiger partial charge in [0, 0.05) is 24.7 Å². The van der Waals surface area contributed by atoms with Gasteiger partial charge in [0.15, 0.2) is 5.50 Å². The van der Waals surface area contributed by atoms with Crippen LogP contribution in [-0.4, -0.2) is 33.7 Å². The summed E-state index contributed by atoms with van der Waals surface area (Å²) in [5.41, 5.74) is 7.67. The number of primary amides is 1. The standard InChI is InChI=1S/C23H23F2N3O2S/c1-14-20(21(26)29)31-23(28(14)13-16-4-8-19(25)9-5-16)27-11-10-17(22(27)30)12-15-2-6-18(24)7-3-15/h2-9,17,23H,10-13H2,1H3,(H2,26,29). The zero-order valence-electron chi connectivity index (χ0n) is 17.1. The van der Waals surface area contributed by atoms with Gasteiger partial charge in [-0.25, -0.2) is 8.78 Å². The molecule has 2 amide bonds. The number of nitrogens with zero attached hydrogens (tertiary/aromatic N) is 2. The predicted octanol–water partition coefficient (Wildman–Crippen LogP) is 3.61. The van der Waals surface area contributed by atoms with Gasteiger partial charge in [0.25, 0.3) is 5.91 Å². The molecule has 2 unspecified atom stereocenters. The van der Waals surface area contributed by atoms with E-state index in [2.05, 4.69) is 0 Å². The maximum Gasteiger partial charge on any atom is 0.257 e. The van der Waals surface area contributed by atoms with E-state index < -0.39 is 11.4 Å². The minimum atomic E-state index is -0.524. The lowest BCUT2D eigenvalue weighted by Crippen LogP contribution is -2.44. The Kier molecular flexibility index (Phi) is 6.00. The molecule has 8 heteroatoms. The molecule has 0 aliphatic carbocycles. The Morgan fingerprint density at radius 2 is 1.65 bits per heavy atom. The highest BCUT2D eigenvalue weighted by molar-refractivity contribution is 8.04. The van der Waals surface area contributed by atoms with Crippen molar-refractivity contribution in [2.75, 3.05) is 6.54 Å². The lowest BCUT2D eigenvalue weighted by molar-refractivity contribution is -0.133. The number of allylic oxidation sites excluding steroid dienone is 1. The first-order valence-electron chi connectivity index (χ1n) is 10.1. The van der Waals surface area contributed by atoms with Crippen molar-refractivity contribution in [3.63, 3.8) is 0 Å². The van der Waals surface area contributed by atoms with E-state index in [0.29, 0.717) is 36.5 Å². The Morgan fingerprint density at radius 3 is 2.23 bits per heavy atom. The summed E-state index contributed by atoms with van der Waals surface area (Å²) in [4.78, 5) is 29.4. The van der Waals surface area contributed by atoms with E-state index in [4.69, 9.17) is 5.73 Å². The van der Waals surface area contributed by atoms with Crippen LogP contribution in [0.4, 0.5) is 8.78 Å². The summed E-state index contributed by atoms with van der Waals surface area (Å²) in [6.45, 7) is 2.79. The third-order valence-electron chi connectivity index (χ3n) is 5.75. The number of halogens is 2. The van der Waals surface area contributed by atoms with Gasteiger partial charge in [-0.3, -0.25) is 9.59 Å². The molecule has 31 heavy (non-hydrogen) atoms. The predicted molar refractivity (Wildman–Crippen MR) is 115 cm³/mol. The maximum absolute atomic E-state index is 13.3. The molecule has 0 aromatic heterocycles. The highest BCUT2D eigenvalue weighted by Crippen LogP contribution is 2.42. The number of thioether (sulfide) groups is 1. The van der Waals surface area contributed by atoms with E-state index in [9.17, 15) is 18.4 Å². The van der Waals surface area contributed by atoms with Crippen molar-refractivity contribution in [3.8, 4) is 0 Å². The molecule has 0 bridgehead atoms. The minimum Gasteiger partial charge on any atom is -0.365 e. The Bertz CT molecular complexity index is 1020. The molecular formula is C23H23F2N3O2S. The van der Waals surface area contributed by atoms with Gasteiger partial charge in [-0.1, -0.05) is 36.0 Å². The fourth-order valence-electron chi connectivity index (χ4n) is 4.08. The summed E-state index contributed by atoms with van der Waals surface area (Å²) >= 11 is 1.28. The molecule has 162 valence electrons. The number of carbonyl (C=O) groups is 2. The van der Waals surface area contributed by atoms with Crippen molar-refractivity contribution in [1.82, 2.24) is 9.80 Å². The van der Waals surface area contributed by atoms with Crippen LogP contribution in [0.5, 0.6) is 0 Å². The third-order valence-corrected chi connectivity index (χ3v) is 7.20. The number of nitrogens with two attached hydrogens (primary N) is 1. The molecule has 2 atom stereocenters. The Hall–Kier alpha value is -2.87. The summed E-state index contributed by atoms with van der Waals surface area (Å²) in [6.07, 6.45) is 1.22. The molecule has 4 rings (SSSR count). The van der Waals surface area contributed by atoms with Crippen molar-refractivity contribution in [3.05, 3.63) is 81.9 Å². The van der Waals surface area contributed by atoms with Crippen molar-refractivity contribution >= 4 is 23.6 Å². The zero-order chi connectivity index (χ0) is 22.1. The number of carbonyl (C=O) groups excluding carboxylic acids is 2. The first-order chi connectivity index (χ1) is 14.8. The summed E-state index contributed by atoms with van der Waals surface area (Å²) in [5, 5.41) is 0. The van der Waals surface area contributed by atoms with E-state index in [1.54, 1.807) is 29.2 Å². The van der Waals surface area contributed by atoms with Crippen LogP contribution in [0.2, 0.25) is 0 Å². The number of rotatable bonds is 6. The van der Waals surface area contributed by atoms with Crippen LogP contribution >= 0.6 is 11.8 Å². The highest BCUT2D eigenvalue weighted by Gasteiger charge is 2.43. The van der Waals surface area contributed by atoms with Gasteiger partial charge in [-0.05, 0) is 55.2 Å². The zero-order valence-corrected chi connectivity index (χ0v) is 17.9. The number of hydrogen-bond acceptors (Lipinski definition) is 4. The molecule has 2 aromatic rings. The van der Waals surface area contributed by atoms with Gasteiger partial charge in [-0.15, -0.1) is 0 Å². The normalized spacial score (nSPS) is 21.3. The van der Waals surface area contributed by atoms with Crippen LogP contribution in [0.3, 0.4) is 0 Å². The molecule has 2 aliphatic heterocycles. The van der Waals surface area contributed by atoms with Gasteiger partial charge >= 0.3 is 0 Å². The molecule has 2 heterocycles. The lowest BCUT2D eigenvalue weighted by atomic mass is 9.98. The van der Waals surface area contributed by atoms with Gasteiger partial charge in [-0.2, -0.15) is 0 Å². The van der Waals surface area contributed by atoms with Crippen LogP contribution in [0, 0.1) is 17.6 Å². The highest BCUT2D eigenvalue weighted by atomic mass is 32.2. The second-order valence-corrected chi connectivity index (χ2v) is 8.89. The van der Waals surface area contributed by atoms with E-state index in [0.717, 1.165) is 11.1 Å². The van der Waals surface area contributed by atoms with E-state index >= 15 is 0 Å². The molecular weight excluding hydrogens is 420 g/mol. The van der Waals surface area contributed by atoms with E-state index in [1.807, 2.05) is 11.8 Å². The fraction of sp³-hybridized carbons (Fsp3) is 0.304. The lowest BCUT2D eigenvalue weighted by Gasteiger charge is -2.34. The van der Waals surface area contributed by atoms with Crippen LogP contribution in [-0.2, 0) is 22.6 Å². The number of hydrogen-bond donors (Lipinski definition) is 1. The van der Waals surface area contributed by atoms with Crippen LogP contribution in [0.1, 0.15) is 24.5 Å². The van der Waals surface area contributed by atoms with Crippen LogP contribution in [0.15, 0.2) is 59.1 Å². The topological polar surface area (TPSA) is 66.6 Å².